The Morgan fingerprint density at radius 3 is 2.61 bits per heavy atom. The SMILES string of the molecule is Cc1cc(NC(=O)C(=O)N2C[C@@H](C)CC[C@@H]2c2ccc3[nH]c(=O)ccc3c2)cnc1CC(=O)OC(C)(C)C. The third kappa shape index (κ3) is 6.45. The minimum Gasteiger partial charge on any atom is -0.460 e. The van der Waals surface area contributed by atoms with Crippen LogP contribution in [0.2, 0.25) is 0 Å². The van der Waals surface area contributed by atoms with E-state index in [2.05, 4.69) is 22.2 Å². The highest BCUT2D eigenvalue weighted by atomic mass is 16.6. The first-order chi connectivity index (χ1) is 17.9. The summed E-state index contributed by atoms with van der Waals surface area (Å²) in [6.07, 6.45) is 3.12. The molecule has 3 heterocycles. The number of benzene rings is 1. The topological polar surface area (TPSA) is 121 Å². The first kappa shape index (κ1) is 27.0. The van der Waals surface area contributed by atoms with Crippen LogP contribution in [0.1, 0.15) is 63.4 Å². The summed E-state index contributed by atoms with van der Waals surface area (Å²) in [4.78, 5) is 58.9. The number of pyridine rings is 2. The van der Waals surface area contributed by atoms with Gasteiger partial charge in [-0.3, -0.25) is 24.2 Å². The molecule has 0 aliphatic carbocycles. The number of esters is 1. The Kier molecular flexibility index (Phi) is 7.66. The lowest BCUT2D eigenvalue weighted by Crippen LogP contribution is -2.46. The second-order valence-corrected chi connectivity index (χ2v) is 11.0. The second-order valence-electron chi connectivity index (χ2n) is 11.0. The number of rotatable bonds is 4. The van der Waals surface area contributed by atoms with Gasteiger partial charge in [0.15, 0.2) is 0 Å². The van der Waals surface area contributed by atoms with Crippen molar-refractivity contribution in [1.82, 2.24) is 14.9 Å². The van der Waals surface area contributed by atoms with E-state index in [0.717, 1.165) is 29.3 Å². The van der Waals surface area contributed by atoms with Crippen LogP contribution in [0, 0.1) is 12.8 Å². The number of carbonyl (C=O) groups excluding carboxylic acids is 3. The van der Waals surface area contributed by atoms with E-state index in [0.29, 0.717) is 23.5 Å². The molecule has 0 radical (unpaired) electrons. The summed E-state index contributed by atoms with van der Waals surface area (Å²) in [5.41, 5.74) is 2.51. The molecule has 9 nitrogen and oxygen atoms in total. The molecule has 0 spiro atoms. The fourth-order valence-corrected chi connectivity index (χ4v) is 4.79. The Hall–Kier alpha value is -4.01. The zero-order chi connectivity index (χ0) is 27.6. The van der Waals surface area contributed by atoms with E-state index in [-0.39, 0.29) is 29.9 Å². The summed E-state index contributed by atoms with van der Waals surface area (Å²) in [7, 11) is 0. The summed E-state index contributed by atoms with van der Waals surface area (Å²) < 4.78 is 5.36. The smallest absolute Gasteiger partial charge is 0.313 e. The van der Waals surface area contributed by atoms with E-state index in [1.54, 1.807) is 44.7 Å². The minimum atomic E-state index is -0.740. The highest BCUT2D eigenvalue weighted by Crippen LogP contribution is 2.34. The molecule has 0 unspecified atom stereocenters. The van der Waals surface area contributed by atoms with Crippen LogP contribution in [0.15, 0.2) is 47.4 Å². The van der Waals surface area contributed by atoms with Gasteiger partial charge in [-0.2, -0.15) is 0 Å². The lowest BCUT2D eigenvalue weighted by molar-refractivity contribution is -0.154. The molecule has 2 atom stereocenters. The van der Waals surface area contributed by atoms with Crippen molar-refractivity contribution in [3.8, 4) is 0 Å². The molecule has 4 rings (SSSR count). The number of nitrogens with one attached hydrogen (secondary N) is 2. The number of H-pyrrole nitrogens is 1. The van der Waals surface area contributed by atoms with Gasteiger partial charge in [0.2, 0.25) is 5.56 Å². The summed E-state index contributed by atoms with van der Waals surface area (Å²) in [6, 6.07) is 10.4. The Bertz CT molecular complexity index is 1440. The molecule has 2 N–H and O–H groups in total. The third-order valence-electron chi connectivity index (χ3n) is 6.58. The number of hydrogen-bond donors (Lipinski definition) is 2. The number of fused-ring (bicyclic) bond motifs is 1. The summed E-state index contributed by atoms with van der Waals surface area (Å²) >= 11 is 0. The second kappa shape index (κ2) is 10.8. The number of hydrogen-bond acceptors (Lipinski definition) is 6. The van der Waals surface area contributed by atoms with Crippen LogP contribution < -0.4 is 10.9 Å². The number of aromatic nitrogens is 2. The van der Waals surface area contributed by atoms with Crippen LogP contribution in [0.5, 0.6) is 0 Å². The molecule has 2 amide bonds. The van der Waals surface area contributed by atoms with Crippen LogP contribution >= 0.6 is 0 Å². The number of nitrogens with zero attached hydrogens (tertiary/aromatic N) is 2. The van der Waals surface area contributed by atoms with Gasteiger partial charge in [0.05, 0.1) is 30.0 Å². The van der Waals surface area contributed by atoms with Gasteiger partial charge in [-0.15, -0.1) is 0 Å². The molecule has 1 saturated heterocycles. The van der Waals surface area contributed by atoms with Crippen molar-refractivity contribution in [2.24, 2.45) is 5.92 Å². The Morgan fingerprint density at radius 2 is 1.89 bits per heavy atom. The maximum absolute atomic E-state index is 13.4. The zero-order valence-corrected chi connectivity index (χ0v) is 22.5. The number of aryl methyl sites for hydroxylation is 1. The summed E-state index contributed by atoms with van der Waals surface area (Å²) in [5.74, 6) is -1.48. The van der Waals surface area contributed by atoms with E-state index < -0.39 is 17.4 Å². The van der Waals surface area contributed by atoms with Crippen molar-refractivity contribution in [3.05, 3.63) is 69.8 Å². The van der Waals surface area contributed by atoms with Crippen molar-refractivity contribution in [2.45, 2.75) is 65.5 Å². The monoisotopic (exact) mass is 518 g/mol. The largest absolute Gasteiger partial charge is 0.460 e. The van der Waals surface area contributed by atoms with Gasteiger partial charge in [0, 0.05) is 18.1 Å². The van der Waals surface area contributed by atoms with Crippen LogP contribution in [-0.4, -0.2) is 44.8 Å². The maximum Gasteiger partial charge on any atom is 0.313 e. The van der Waals surface area contributed by atoms with Gasteiger partial charge >= 0.3 is 17.8 Å². The van der Waals surface area contributed by atoms with Crippen LogP contribution in [0.4, 0.5) is 5.69 Å². The molecule has 3 aromatic rings. The van der Waals surface area contributed by atoms with Gasteiger partial charge in [0.25, 0.3) is 0 Å². The van der Waals surface area contributed by atoms with Crippen molar-refractivity contribution in [1.29, 1.82) is 0 Å². The van der Waals surface area contributed by atoms with Gasteiger partial charge in [-0.05, 0) is 87.2 Å². The molecular weight excluding hydrogens is 484 g/mol. The number of carbonyl (C=O) groups is 3. The lowest BCUT2D eigenvalue weighted by atomic mass is 9.89. The zero-order valence-electron chi connectivity index (χ0n) is 22.5. The lowest BCUT2D eigenvalue weighted by Gasteiger charge is -2.38. The molecule has 1 aliphatic rings. The van der Waals surface area contributed by atoms with Gasteiger partial charge < -0.3 is 19.9 Å². The molecule has 38 heavy (non-hydrogen) atoms. The highest BCUT2D eigenvalue weighted by Gasteiger charge is 2.34. The Morgan fingerprint density at radius 1 is 1.13 bits per heavy atom. The highest BCUT2D eigenvalue weighted by molar-refractivity contribution is 6.39. The first-order valence-corrected chi connectivity index (χ1v) is 12.8. The van der Waals surface area contributed by atoms with Crippen LogP contribution in [0.3, 0.4) is 0 Å². The normalized spacial score (nSPS) is 17.8. The average Bonchev–Trinajstić information content (AvgIpc) is 2.83. The van der Waals surface area contributed by atoms with Gasteiger partial charge in [-0.1, -0.05) is 13.0 Å². The molecule has 1 aliphatic heterocycles. The third-order valence-corrected chi connectivity index (χ3v) is 6.58. The molecule has 1 aromatic carbocycles. The van der Waals surface area contributed by atoms with Gasteiger partial charge in [0.1, 0.15) is 5.60 Å². The predicted octanol–water partition coefficient (Wildman–Crippen LogP) is 4.05. The molecule has 9 heteroatoms. The molecular formula is C29H34N4O5. The minimum absolute atomic E-state index is 0.0171. The standard InChI is InChI=1S/C29H34N4O5/c1-17-6-10-24(20-7-9-22-19(13-20)8-11-25(34)32-22)33(16-17)28(37)27(36)31-21-12-18(2)23(30-15-21)14-26(35)38-29(3,4)5/h7-9,11-13,15,17,24H,6,10,14,16H2,1-5H3,(H,31,36)(H,32,34)/t17-,24+/m0/s1. The van der Waals surface area contributed by atoms with E-state index in [9.17, 15) is 19.2 Å². The first-order valence-electron chi connectivity index (χ1n) is 12.8. The summed E-state index contributed by atoms with van der Waals surface area (Å²) in [6.45, 7) is 9.73. The molecule has 200 valence electrons. The Balaban J connectivity index is 1.49. The quantitative estimate of drug-likeness (QED) is 0.397. The molecule has 0 bridgehead atoms. The van der Waals surface area contributed by atoms with Crippen molar-refractivity contribution in [3.63, 3.8) is 0 Å². The number of likely N-dealkylation sites (tertiary alicyclic amines) is 1. The number of anilines is 1. The van der Waals surface area contributed by atoms with Gasteiger partial charge in [-0.25, -0.2) is 0 Å². The van der Waals surface area contributed by atoms with Crippen LogP contribution in [0.25, 0.3) is 10.9 Å². The number of aromatic amines is 1. The number of piperidine rings is 1. The summed E-state index contributed by atoms with van der Waals surface area (Å²) in [5, 5.41) is 3.54. The fourth-order valence-electron chi connectivity index (χ4n) is 4.79. The van der Waals surface area contributed by atoms with Crippen molar-refractivity contribution in [2.75, 3.05) is 11.9 Å². The van der Waals surface area contributed by atoms with E-state index in [4.69, 9.17) is 4.74 Å². The average molecular weight is 519 g/mol. The van der Waals surface area contributed by atoms with Crippen LogP contribution in [-0.2, 0) is 25.5 Å². The Labute approximate surface area is 221 Å². The predicted molar refractivity (Wildman–Crippen MR) is 145 cm³/mol. The molecule has 2 aromatic heterocycles. The van der Waals surface area contributed by atoms with Crippen molar-refractivity contribution < 1.29 is 19.1 Å². The number of amides is 2. The van der Waals surface area contributed by atoms with E-state index in [1.165, 1.54) is 12.3 Å². The maximum atomic E-state index is 13.4. The van der Waals surface area contributed by atoms with Crippen molar-refractivity contribution >= 4 is 34.4 Å². The van der Waals surface area contributed by atoms with E-state index in [1.807, 2.05) is 18.2 Å². The van der Waals surface area contributed by atoms with E-state index >= 15 is 0 Å². The molecule has 1 fully saturated rings. The molecule has 0 saturated carbocycles. The number of ether oxygens (including phenoxy) is 1. The fraction of sp³-hybridized carbons (Fsp3) is 0.414.